The molecule has 0 unspecified atom stereocenters. The third-order valence-electron chi connectivity index (χ3n) is 6.69. The second kappa shape index (κ2) is 9.53. The summed E-state index contributed by atoms with van der Waals surface area (Å²) < 4.78 is 10.1. The van der Waals surface area contributed by atoms with Crippen LogP contribution in [-0.2, 0) is 16.0 Å². The molecule has 200 valence electrons. The van der Waals surface area contributed by atoms with E-state index in [1.165, 1.54) is 43.3 Å². The van der Waals surface area contributed by atoms with Gasteiger partial charge >= 0.3 is 12.1 Å². The van der Waals surface area contributed by atoms with Crippen LogP contribution in [0.15, 0.2) is 48.5 Å². The lowest BCUT2D eigenvalue weighted by molar-refractivity contribution is -0.131. The van der Waals surface area contributed by atoms with Gasteiger partial charge in [-0.25, -0.2) is 4.79 Å². The lowest BCUT2D eigenvalue weighted by Crippen LogP contribution is -2.43. The first-order chi connectivity index (χ1) is 18.5. The number of ether oxygens (including phenoxy) is 2. The summed E-state index contributed by atoms with van der Waals surface area (Å²) in [6.45, 7) is 0.609. The Morgan fingerprint density at radius 1 is 1.00 bits per heavy atom. The van der Waals surface area contributed by atoms with Gasteiger partial charge in [0.2, 0.25) is 0 Å². The zero-order chi connectivity index (χ0) is 28.1. The number of ketones is 2. The number of carbonyl (C=O) groups is 4. The summed E-state index contributed by atoms with van der Waals surface area (Å²) in [7, 11) is 0. The van der Waals surface area contributed by atoms with E-state index in [1.54, 1.807) is 12.1 Å². The van der Waals surface area contributed by atoms with Crippen molar-refractivity contribution in [2.24, 2.45) is 0 Å². The van der Waals surface area contributed by atoms with Crippen LogP contribution in [0.1, 0.15) is 62.4 Å². The topological polar surface area (TPSA) is 180 Å². The Labute approximate surface area is 221 Å². The Kier molecular flexibility index (Phi) is 6.33. The average molecular weight is 533 g/mol. The lowest BCUT2D eigenvalue weighted by atomic mass is 9.73. The van der Waals surface area contributed by atoms with Crippen LogP contribution in [0.2, 0.25) is 0 Å². The Bertz CT molecular complexity index is 1560. The fourth-order valence-corrected chi connectivity index (χ4v) is 5.05. The maximum Gasteiger partial charge on any atom is 0.411 e. The second-order valence-corrected chi connectivity index (χ2v) is 9.49. The molecule has 39 heavy (non-hydrogen) atoms. The number of rotatable bonds is 4. The first kappa shape index (κ1) is 25.9. The third kappa shape index (κ3) is 4.58. The number of phenols is 2. The molecular weight excluding hydrogens is 510 g/mol. The SMILES string of the molecule is CC(=O)Oc1cccc(NC(=O)OC[C@@]2(O)Cc3c(O)c4c(c(O)c3[C@@H](O)C2)C(=O)c2ccccc2C4=O)c1. The van der Waals surface area contributed by atoms with E-state index in [-0.39, 0.29) is 33.7 Å². The summed E-state index contributed by atoms with van der Waals surface area (Å²) in [6, 6.07) is 11.9. The highest BCUT2D eigenvalue weighted by Crippen LogP contribution is 2.50. The number of benzene rings is 3. The van der Waals surface area contributed by atoms with Gasteiger partial charge in [0, 0.05) is 53.8 Å². The van der Waals surface area contributed by atoms with Gasteiger partial charge in [-0.1, -0.05) is 30.3 Å². The molecule has 11 nitrogen and oxygen atoms in total. The van der Waals surface area contributed by atoms with Crippen molar-refractivity contribution in [3.05, 3.63) is 81.9 Å². The van der Waals surface area contributed by atoms with Crippen molar-refractivity contribution in [1.29, 1.82) is 0 Å². The van der Waals surface area contributed by atoms with Crippen molar-refractivity contribution in [2.75, 3.05) is 11.9 Å². The Hall–Kier alpha value is -4.74. The number of carbonyl (C=O) groups excluding carboxylic acids is 4. The summed E-state index contributed by atoms with van der Waals surface area (Å²) in [6.07, 6.45) is -3.31. The van der Waals surface area contributed by atoms with Crippen molar-refractivity contribution >= 4 is 29.3 Å². The van der Waals surface area contributed by atoms with Crippen LogP contribution in [0.5, 0.6) is 17.2 Å². The van der Waals surface area contributed by atoms with Crippen LogP contribution in [0, 0.1) is 0 Å². The first-order valence-corrected chi connectivity index (χ1v) is 11.9. The molecule has 1 amide bonds. The van der Waals surface area contributed by atoms with E-state index in [1.807, 2.05) is 0 Å². The van der Waals surface area contributed by atoms with E-state index in [0.717, 1.165) is 0 Å². The zero-order valence-corrected chi connectivity index (χ0v) is 20.6. The number of aliphatic hydroxyl groups is 2. The average Bonchev–Trinajstić information content (AvgIpc) is 2.88. The number of aliphatic hydroxyl groups excluding tert-OH is 1. The number of amides is 1. The quantitative estimate of drug-likeness (QED) is 0.149. The summed E-state index contributed by atoms with van der Waals surface area (Å²) in [5.74, 6) is -3.01. The molecule has 0 bridgehead atoms. The highest BCUT2D eigenvalue weighted by atomic mass is 16.6. The van der Waals surface area contributed by atoms with Crippen LogP contribution in [-0.4, -0.2) is 56.3 Å². The summed E-state index contributed by atoms with van der Waals surface area (Å²) in [5.41, 5.74) is -2.67. The van der Waals surface area contributed by atoms with Gasteiger partial charge in [-0.2, -0.15) is 0 Å². The number of hydrogen-bond acceptors (Lipinski definition) is 10. The molecule has 11 heteroatoms. The van der Waals surface area contributed by atoms with E-state index < -0.39 is 77.4 Å². The summed E-state index contributed by atoms with van der Waals surface area (Å²) >= 11 is 0. The Morgan fingerprint density at radius 3 is 2.28 bits per heavy atom. The van der Waals surface area contributed by atoms with Gasteiger partial charge in [0.1, 0.15) is 29.5 Å². The number of hydrogen-bond donors (Lipinski definition) is 5. The molecule has 2 aliphatic carbocycles. The molecule has 0 saturated heterocycles. The standard InChI is InChI=1S/C28H23NO10/c1-13(30)39-15-6-4-5-14(9-15)29-27(36)38-12-28(37)10-18-20(19(31)11-28)26(35)22-21(25(18)34)23(32)16-7-2-3-8-17(16)24(22)33/h2-9,19,31,34-35,37H,10-12H2,1H3,(H,29,36)/t19-,28+/m0/s1. The predicted molar refractivity (Wildman–Crippen MR) is 134 cm³/mol. The summed E-state index contributed by atoms with van der Waals surface area (Å²) in [5, 5.41) is 46.5. The van der Waals surface area contributed by atoms with Crippen molar-refractivity contribution in [2.45, 2.75) is 31.5 Å². The van der Waals surface area contributed by atoms with E-state index in [0.29, 0.717) is 0 Å². The number of aromatic hydroxyl groups is 2. The molecule has 3 aromatic rings. The highest BCUT2D eigenvalue weighted by molar-refractivity contribution is 6.30. The number of phenolic OH excluding ortho intramolecular Hbond substituents is 2. The maximum absolute atomic E-state index is 13.2. The monoisotopic (exact) mass is 533 g/mol. The minimum atomic E-state index is -1.89. The van der Waals surface area contributed by atoms with E-state index >= 15 is 0 Å². The van der Waals surface area contributed by atoms with Crippen LogP contribution in [0.3, 0.4) is 0 Å². The van der Waals surface area contributed by atoms with Gasteiger partial charge in [-0.15, -0.1) is 0 Å². The van der Waals surface area contributed by atoms with E-state index in [9.17, 15) is 39.6 Å². The van der Waals surface area contributed by atoms with Crippen molar-refractivity contribution < 1.29 is 49.1 Å². The predicted octanol–water partition coefficient (Wildman–Crippen LogP) is 2.76. The van der Waals surface area contributed by atoms with Crippen LogP contribution in [0.25, 0.3) is 0 Å². The Morgan fingerprint density at radius 2 is 1.64 bits per heavy atom. The molecule has 0 fully saturated rings. The van der Waals surface area contributed by atoms with Crippen LogP contribution >= 0.6 is 0 Å². The molecule has 5 rings (SSSR count). The summed E-state index contributed by atoms with van der Waals surface area (Å²) in [4.78, 5) is 49.8. The number of nitrogens with one attached hydrogen (secondary N) is 1. The molecule has 5 N–H and O–H groups in total. The molecule has 0 saturated carbocycles. The van der Waals surface area contributed by atoms with Gasteiger partial charge in [-0.05, 0) is 12.1 Å². The smallest absolute Gasteiger partial charge is 0.411 e. The first-order valence-electron chi connectivity index (χ1n) is 11.9. The third-order valence-corrected chi connectivity index (χ3v) is 6.69. The molecule has 0 aliphatic heterocycles. The van der Waals surface area contributed by atoms with Gasteiger partial charge < -0.3 is 29.9 Å². The van der Waals surface area contributed by atoms with Crippen molar-refractivity contribution in [3.8, 4) is 17.2 Å². The van der Waals surface area contributed by atoms with E-state index in [4.69, 9.17) is 9.47 Å². The normalized spacial score (nSPS) is 19.4. The van der Waals surface area contributed by atoms with Crippen LogP contribution in [0.4, 0.5) is 10.5 Å². The van der Waals surface area contributed by atoms with E-state index in [2.05, 4.69) is 5.32 Å². The maximum atomic E-state index is 13.2. The Balaban J connectivity index is 1.39. The van der Waals surface area contributed by atoms with Crippen LogP contribution < -0.4 is 10.1 Å². The molecule has 2 atom stereocenters. The highest BCUT2D eigenvalue weighted by Gasteiger charge is 2.45. The number of esters is 1. The van der Waals surface area contributed by atoms with Gasteiger partial charge in [-0.3, -0.25) is 19.7 Å². The lowest BCUT2D eigenvalue weighted by Gasteiger charge is -2.37. The van der Waals surface area contributed by atoms with Crippen molar-refractivity contribution in [1.82, 2.24) is 0 Å². The minimum absolute atomic E-state index is 0.0500. The fraction of sp³-hybridized carbons (Fsp3) is 0.214. The van der Waals surface area contributed by atoms with Gasteiger partial charge in [0.05, 0.1) is 17.2 Å². The molecular formula is C28H23NO10. The molecule has 0 heterocycles. The zero-order valence-electron chi connectivity index (χ0n) is 20.6. The van der Waals surface area contributed by atoms with Crippen molar-refractivity contribution in [3.63, 3.8) is 0 Å². The number of anilines is 1. The largest absolute Gasteiger partial charge is 0.507 e. The minimum Gasteiger partial charge on any atom is -0.507 e. The molecule has 2 aliphatic rings. The molecule has 0 spiro atoms. The fourth-order valence-electron chi connectivity index (χ4n) is 5.05. The van der Waals surface area contributed by atoms with Gasteiger partial charge in [0.15, 0.2) is 11.6 Å². The number of fused-ring (bicyclic) bond motifs is 3. The molecule has 0 radical (unpaired) electrons. The van der Waals surface area contributed by atoms with Gasteiger partial charge in [0.25, 0.3) is 0 Å². The molecule has 0 aromatic heterocycles. The second-order valence-electron chi connectivity index (χ2n) is 9.49. The molecule has 3 aromatic carbocycles.